The van der Waals surface area contributed by atoms with Crippen LogP contribution < -0.4 is 4.74 Å². The number of benzene rings is 1. The molecular weight excluding hydrogens is 286 g/mol. The average Bonchev–Trinajstić information content (AvgIpc) is 2.78. The molecule has 1 atom stereocenters. The van der Waals surface area contributed by atoms with Gasteiger partial charge in [0.2, 0.25) is 0 Å². The van der Waals surface area contributed by atoms with E-state index in [1.165, 1.54) is 0 Å². The highest BCUT2D eigenvalue weighted by molar-refractivity contribution is 6.34. The molecule has 1 unspecified atom stereocenters. The summed E-state index contributed by atoms with van der Waals surface area (Å²) in [5, 5.41) is 6.80. The standard InChI is InChI=1S/C16H16ClN3O/c1-10-15(9-20(3)19-10)11(2)21-13-4-5-14-12(8-13)6-7-18-16(14)17/h4-9,11H,1-3H3. The summed E-state index contributed by atoms with van der Waals surface area (Å²) in [5.41, 5.74) is 2.07. The number of aromatic nitrogens is 3. The smallest absolute Gasteiger partial charge is 0.136 e. The van der Waals surface area contributed by atoms with Gasteiger partial charge in [0.25, 0.3) is 0 Å². The van der Waals surface area contributed by atoms with E-state index in [0.717, 1.165) is 27.8 Å². The van der Waals surface area contributed by atoms with E-state index >= 15 is 0 Å². The van der Waals surface area contributed by atoms with Crippen LogP contribution in [0, 0.1) is 6.92 Å². The van der Waals surface area contributed by atoms with Crippen molar-refractivity contribution in [1.82, 2.24) is 14.8 Å². The van der Waals surface area contributed by atoms with Crippen LogP contribution in [-0.4, -0.2) is 14.8 Å². The summed E-state index contributed by atoms with van der Waals surface area (Å²) in [6.07, 6.45) is 3.62. The number of ether oxygens (including phenoxy) is 1. The van der Waals surface area contributed by atoms with Crippen molar-refractivity contribution in [2.75, 3.05) is 0 Å². The van der Waals surface area contributed by atoms with Gasteiger partial charge in [-0.25, -0.2) is 4.98 Å². The van der Waals surface area contributed by atoms with Crippen LogP contribution in [0.2, 0.25) is 5.15 Å². The zero-order chi connectivity index (χ0) is 15.0. The predicted octanol–water partition coefficient (Wildman–Crippen LogP) is 4.07. The second-order valence-electron chi connectivity index (χ2n) is 5.09. The summed E-state index contributed by atoms with van der Waals surface area (Å²) in [4.78, 5) is 4.07. The van der Waals surface area contributed by atoms with E-state index in [1.807, 2.05) is 51.4 Å². The second kappa shape index (κ2) is 5.37. The van der Waals surface area contributed by atoms with Gasteiger partial charge in [0.1, 0.15) is 17.0 Å². The maximum atomic E-state index is 6.07. The van der Waals surface area contributed by atoms with Gasteiger partial charge in [0.15, 0.2) is 0 Å². The molecule has 4 nitrogen and oxygen atoms in total. The molecule has 0 bridgehead atoms. The van der Waals surface area contributed by atoms with Crippen molar-refractivity contribution < 1.29 is 4.74 Å². The third-order valence-corrected chi connectivity index (χ3v) is 3.79. The lowest BCUT2D eigenvalue weighted by Gasteiger charge is -2.14. The summed E-state index contributed by atoms with van der Waals surface area (Å²) in [6, 6.07) is 7.75. The summed E-state index contributed by atoms with van der Waals surface area (Å²) >= 11 is 6.07. The molecule has 0 fully saturated rings. The highest BCUT2D eigenvalue weighted by Crippen LogP contribution is 2.28. The molecule has 0 N–H and O–H groups in total. The molecule has 21 heavy (non-hydrogen) atoms. The molecule has 2 aromatic heterocycles. The molecule has 3 aromatic rings. The first-order chi connectivity index (χ1) is 10.0. The summed E-state index contributed by atoms with van der Waals surface area (Å²) in [7, 11) is 1.91. The van der Waals surface area contributed by atoms with Crippen molar-refractivity contribution >= 4 is 22.4 Å². The first-order valence-electron chi connectivity index (χ1n) is 6.75. The van der Waals surface area contributed by atoms with E-state index in [0.29, 0.717) is 5.15 Å². The van der Waals surface area contributed by atoms with Crippen LogP contribution in [0.5, 0.6) is 5.75 Å². The number of halogens is 1. The molecule has 5 heteroatoms. The van der Waals surface area contributed by atoms with Gasteiger partial charge in [-0.05, 0) is 43.5 Å². The fraction of sp³-hybridized carbons (Fsp3) is 0.250. The quantitative estimate of drug-likeness (QED) is 0.685. The maximum Gasteiger partial charge on any atom is 0.136 e. The number of hydrogen-bond donors (Lipinski definition) is 0. The van der Waals surface area contributed by atoms with Gasteiger partial charge in [-0.3, -0.25) is 4.68 Å². The van der Waals surface area contributed by atoms with E-state index in [-0.39, 0.29) is 6.10 Å². The van der Waals surface area contributed by atoms with Crippen molar-refractivity contribution in [3.8, 4) is 5.75 Å². The Bertz CT molecular complexity index is 797. The van der Waals surface area contributed by atoms with E-state index in [2.05, 4.69) is 10.1 Å². The van der Waals surface area contributed by atoms with Crippen molar-refractivity contribution in [3.05, 3.63) is 53.1 Å². The second-order valence-corrected chi connectivity index (χ2v) is 5.45. The molecule has 0 saturated heterocycles. The van der Waals surface area contributed by atoms with Gasteiger partial charge in [0.05, 0.1) is 5.69 Å². The third kappa shape index (κ3) is 2.72. The number of hydrogen-bond acceptors (Lipinski definition) is 3. The van der Waals surface area contributed by atoms with Crippen LogP contribution in [0.15, 0.2) is 36.7 Å². The Kier molecular flexibility index (Phi) is 3.55. The van der Waals surface area contributed by atoms with Crippen LogP contribution >= 0.6 is 11.6 Å². The lowest BCUT2D eigenvalue weighted by molar-refractivity contribution is 0.226. The summed E-state index contributed by atoms with van der Waals surface area (Å²) in [6.45, 7) is 4.01. The third-order valence-electron chi connectivity index (χ3n) is 3.49. The molecule has 0 amide bonds. The molecule has 1 aromatic carbocycles. The fourth-order valence-corrected chi connectivity index (χ4v) is 2.71. The monoisotopic (exact) mass is 301 g/mol. The highest BCUT2D eigenvalue weighted by Gasteiger charge is 2.13. The minimum atomic E-state index is -0.0616. The number of pyridine rings is 1. The Morgan fingerprint density at radius 2 is 2.10 bits per heavy atom. The van der Waals surface area contributed by atoms with E-state index in [4.69, 9.17) is 16.3 Å². The first-order valence-corrected chi connectivity index (χ1v) is 7.13. The fourth-order valence-electron chi connectivity index (χ4n) is 2.48. The summed E-state index contributed by atoms with van der Waals surface area (Å²) < 4.78 is 7.83. The van der Waals surface area contributed by atoms with Gasteiger partial charge < -0.3 is 4.74 Å². The van der Waals surface area contributed by atoms with Crippen molar-refractivity contribution in [2.24, 2.45) is 7.05 Å². The van der Waals surface area contributed by atoms with Gasteiger partial charge in [-0.2, -0.15) is 5.10 Å². The minimum absolute atomic E-state index is 0.0616. The van der Waals surface area contributed by atoms with Crippen molar-refractivity contribution in [2.45, 2.75) is 20.0 Å². The topological polar surface area (TPSA) is 39.9 Å². The van der Waals surface area contributed by atoms with E-state index in [9.17, 15) is 0 Å². The number of nitrogens with zero attached hydrogens (tertiary/aromatic N) is 3. The molecular formula is C16H16ClN3O. The van der Waals surface area contributed by atoms with Crippen LogP contribution in [0.3, 0.4) is 0 Å². The molecule has 2 heterocycles. The number of rotatable bonds is 3. The van der Waals surface area contributed by atoms with Crippen molar-refractivity contribution in [3.63, 3.8) is 0 Å². The first kappa shape index (κ1) is 13.9. The zero-order valence-corrected chi connectivity index (χ0v) is 12.9. The van der Waals surface area contributed by atoms with Crippen LogP contribution in [0.1, 0.15) is 24.3 Å². The Balaban J connectivity index is 1.89. The van der Waals surface area contributed by atoms with Gasteiger partial charge in [-0.15, -0.1) is 0 Å². The van der Waals surface area contributed by atoms with Crippen molar-refractivity contribution in [1.29, 1.82) is 0 Å². The Morgan fingerprint density at radius 3 is 2.81 bits per heavy atom. The van der Waals surface area contributed by atoms with Crippen LogP contribution in [0.25, 0.3) is 10.8 Å². The molecule has 0 saturated carbocycles. The zero-order valence-electron chi connectivity index (χ0n) is 12.2. The molecule has 0 aliphatic carbocycles. The van der Waals surface area contributed by atoms with E-state index in [1.54, 1.807) is 10.9 Å². The molecule has 0 aliphatic rings. The predicted molar refractivity (Wildman–Crippen MR) is 83.7 cm³/mol. The average molecular weight is 302 g/mol. The van der Waals surface area contributed by atoms with Crippen LogP contribution in [-0.2, 0) is 7.05 Å². The van der Waals surface area contributed by atoms with Gasteiger partial charge >= 0.3 is 0 Å². The molecule has 0 radical (unpaired) electrons. The summed E-state index contributed by atoms with van der Waals surface area (Å²) in [5.74, 6) is 0.806. The normalized spacial score (nSPS) is 12.6. The lowest BCUT2D eigenvalue weighted by atomic mass is 10.1. The Morgan fingerprint density at radius 1 is 1.29 bits per heavy atom. The SMILES string of the molecule is Cc1nn(C)cc1C(C)Oc1ccc2c(Cl)nccc2c1. The Hall–Kier alpha value is -2.07. The number of fused-ring (bicyclic) bond motifs is 1. The number of aryl methyl sites for hydroxylation is 2. The van der Waals surface area contributed by atoms with E-state index < -0.39 is 0 Å². The maximum absolute atomic E-state index is 6.07. The van der Waals surface area contributed by atoms with Crippen LogP contribution in [0.4, 0.5) is 0 Å². The minimum Gasteiger partial charge on any atom is -0.486 e. The Labute approximate surface area is 128 Å². The lowest BCUT2D eigenvalue weighted by Crippen LogP contribution is -2.03. The van der Waals surface area contributed by atoms with Gasteiger partial charge in [-0.1, -0.05) is 11.6 Å². The highest BCUT2D eigenvalue weighted by atomic mass is 35.5. The van der Waals surface area contributed by atoms with Gasteiger partial charge in [0, 0.05) is 30.4 Å². The molecule has 3 rings (SSSR count). The molecule has 0 aliphatic heterocycles. The largest absolute Gasteiger partial charge is 0.486 e. The molecule has 108 valence electrons. The molecule has 0 spiro atoms.